The Labute approximate surface area is 394 Å². The van der Waals surface area contributed by atoms with Crippen LogP contribution in [0, 0.1) is 0 Å². The highest BCUT2D eigenvalue weighted by atomic mass is 15.4. The molecule has 6 heteroatoms. The van der Waals surface area contributed by atoms with Gasteiger partial charge < -0.3 is 9.80 Å². The second kappa shape index (κ2) is 14.3. The van der Waals surface area contributed by atoms with Gasteiger partial charge in [-0.3, -0.25) is 20.0 Å². The second-order valence-electron chi connectivity index (χ2n) is 20.7. The van der Waals surface area contributed by atoms with Crippen molar-refractivity contribution < 1.29 is 0 Å². The molecule has 2 aromatic heterocycles. The van der Waals surface area contributed by atoms with Gasteiger partial charge >= 0.3 is 0 Å². The number of hydrogen-bond acceptors (Lipinski definition) is 6. The molecule has 0 saturated heterocycles. The number of amidine groups is 2. The Morgan fingerprint density at radius 1 is 0.343 bits per heavy atom. The highest BCUT2D eigenvalue weighted by Crippen LogP contribution is 2.63. The molecule has 67 heavy (non-hydrogen) atoms. The van der Waals surface area contributed by atoms with Crippen LogP contribution in [-0.2, 0) is 5.41 Å². The van der Waals surface area contributed by atoms with Gasteiger partial charge in [-0.15, -0.1) is 0 Å². The summed E-state index contributed by atoms with van der Waals surface area (Å²) in [6.07, 6.45) is 4.05. The van der Waals surface area contributed by atoms with Gasteiger partial charge in [0.2, 0.25) is 0 Å². The first kappa shape index (κ1) is 41.0. The summed E-state index contributed by atoms with van der Waals surface area (Å²) in [5.41, 5.74) is 16.9. The first-order valence-corrected chi connectivity index (χ1v) is 23.6. The number of aromatic nitrogens is 2. The van der Waals surface area contributed by atoms with Crippen LogP contribution < -0.4 is 9.80 Å². The van der Waals surface area contributed by atoms with Gasteiger partial charge in [0, 0.05) is 34.9 Å². The lowest BCUT2D eigenvalue weighted by Gasteiger charge is -2.41. The van der Waals surface area contributed by atoms with Crippen LogP contribution in [0.15, 0.2) is 192 Å². The van der Waals surface area contributed by atoms with Crippen LogP contribution in [0.25, 0.3) is 44.5 Å². The lowest BCUT2D eigenvalue weighted by molar-refractivity contribution is 0.338. The molecule has 6 nitrogen and oxygen atoms in total. The van der Waals surface area contributed by atoms with Crippen LogP contribution in [0.2, 0.25) is 0 Å². The Bertz CT molecular complexity index is 3120. The molecule has 0 N–H and O–H groups in total. The molecule has 1 spiro atoms. The number of benzene rings is 6. The zero-order chi connectivity index (χ0) is 46.1. The number of anilines is 2. The van der Waals surface area contributed by atoms with Crippen molar-refractivity contribution in [1.82, 2.24) is 9.97 Å². The maximum atomic E-state index is 5.31. The molecule has 0 amide bonds. The normalized spacial score (nSPS) is 18.3. The van der Waals surface area contributed by atoms with E-state index in [1.165, 1.54) is 44.5 Å². The quantitative estimate of drug-likeness (QED) is 0.167. The van der Waals surface area contributed by atoms with E-state index >= 15 is 0 Å². The SMILES string of the molecule is CC1(C)N=C(c2ccc(-c3ccc4c(c3)C3(c5ccccc5-c5ccccc53)c3cc(-c5ccc(C6=NC(C)(C)C(C)(C)N6c6ccccc6)nc5)ccc3-4)cn2)N(c2ccccc2)C1(C)C. The zero-order valence-electron chi connectivity index (χ0n) is 39.5. The van der Waals surface area contributed by atoms with Gasteiger partial charge in [-0.1, -0.05) is 121 Å². The molecule has 0 fully saturated rings. The molecule has 12 rings (SSSR count). The molecular formula is C61H54N6. The summed E-state index contributed by atoms with van der Waals surface area (Å²) in [7, 11) is 0. The molecule has 0 radical (unpaired) electrons. The van der Waals surface area contributed by atoms with Crippen LogP contribution in [0.5, 0.6) is 0 Å². The van der Waals surface area contributed by atoms with Crippen molar-refractivity contribution in [2.45, 2.75) is 83.0 Å². The summed E-state index contributed by atoms with van der Waals surface area (Å²) < 4.78 is 0. The average molecular weight is 871 g/mol. The number of aliphatic imine (C=N–C) groups is 2. The summed E-state index contributed by atoms with van der Waals surface area (Å²) in [6, 6.07) is 61.9. The molecule has 8 aromatic rings. The minimum absolute atomic E-state index is 0.259. The predicted molar refractivity (Wildman–Crippen MR) is 276 cm³/mol. The van der Waals surface area contributed by atoms with Crippen molar-refractivity contribution in [2.75, 3.05) is 9.80 Å². The fourth-order valence-corrected chi connectivity index (χ4v) is 11.3. The predicted octanol–water partition coefficient (Wildman–Crippen LogP) is 13.8. The Kier molecular flexibility index (Phi) is 8.74. The van der Waals surface area contributed by atoms with Gasteiger partial charge in [-0.05, 0) is 160 Å². The van der Waals surface area contributed by atoms with Crippen LogP contribution in [0.4, 0.5) is 11.4 Å². The summed E-state index contributed by atoms with van der Waals surface area (Å²) >= 11 is 0. The fraction of sp³-hybridized carbons (Fsp3) is 0.213. The smallest absolute Gasteiger partial charge is 0.155 e. The molecule has 328 valence electrons. The third kappa shape index (κ3) is 5.75. The van der Waals surface area contributed by atoms with E-state index in [0.29, 0.717) is 0 Å². The standard InChI is InChI=1S/C61H54N6/c1-57(2)59(5,6)66(43-19-11-9-12-20-43)55(64-57)53-33-29-41(37-62-53)39-27-31-47-48-32-28-40(36-52(48)61(51(47)35-39)49-25-17-15-23-45(49)46-24-16-18-26-50(46)61)42-30-34-54(63-38-42)56-65-58(3,4)60(7,8)67(56)44-21-13-10-14-22-44/h9-38H,1-8H3. The van der Waals surface area contributed by atoms with E-state index in [0.717, 1.165) is 56.7 Å². The highest BCUT2D eigenvalue weighted by molar-refractivity contribution is 6.13. The van der Waals surface area contributed by atoms with Crippen molar-refractivity contribution in [1.29, 1.82) is 0 Å². The summed E-state index contributed by atoms with van der Waals surface area (Å²) in [5, 5.41) is 0. The van der Waals surface area contributed by atoms with Crippen molar-refractivity contribution in [3.05, 3.63) is 216 Å². The van der Waals surface area contributed by atoms with Crippen molar-refractivity contribution in [3.63, 3.8) is 0 Å². The van der Waals surface area contributed by atoms with Crippen molar-refractivity contribution in [2.24, 2.45) is 9.98 Å². The Morgan fingerprint density at radius 2 is 0.701 bits per heavy atom. The number of hydrogen-bond donors (Lipinski definition) is 0. The molecule has 0 unspecified atom stereocenters. The minimum atomic E-state index is -0.525. The van der Waals surface area contributed by atoms with Crippen LogP contribution in [0.1, 0.15) is 89.0 Å². The van der Waals surface area contributed by atoms with Crippen molar-refractivity contribution >= 4 is 23.0 Å². The van der Waals surface area contributed by atoms with Crippen LogP contribution in [0.3, 0.4) is 0 Å². The van der Waals surface area contributed by atoms with Gasteiger partial charge in [0.05, 0.1) is 27.6 Å². The summed E-state index contributed by atoms with van der Waals surface area (Å²) in [4.78, 5) is 25.6. The van der Waals surface area contributed by atoms with Gasteiger partial charge in [0.15, 0.2) is 11.7 Å². The maximum Gasteiger partial charge on any atom is 0.155 e. The van der Waals surface area contributed by atoms with Crippen molar-refractivity contribution in [3.8, 4) is 44.5 Å². The third-order valence-electron chi connectivity index (χ3n) is 16.1. The Hall–Kier alpha value is -7.44. The number of rotatable bonds is 6. The largest absolute Gasteiger partial charge is 0.317 e. The fourth-order valence-electron chi connectivity index (χ4n) is 11.3. The second-order valence-corrected chi connectivity index (χ2v) is 20.7. The molecule has 0 saturated carbocycles. The van der Waals surface area contributed by atoms with Gasteiger partial charge in [-0.2, -0.15) is 0 Å². The zero-order valence-corrected chi connectivity index (χ0v) is 39.5. The number of para-hydroxylation sites is 2. The minimum Gasteiger partial charge on any atom is -0.317 e. The molecule has 0 atom stereocenters. The Balaban J connectivity index is 0.957. The van der Waals surface area contributed by atoms with E-state index in [2.05, 4.69) is 235 Å². The van der Waals surface area contributed by atoms with Crippen LogP contribution >= 0.6 is 0 Å². The highest BCUT2D eigenvalue weighted by Gasteiger charge is 2.53. The topological polar surface area (TPSA) is 57.0 Å². The molecule has 4 heterocycles. The summed E-state index contributed by atoms with van der Waals surface area (Å²) in [6.45, 7) is 17.9. The van der Waals surface area contributed by atoms with E-state index in [9.17, 15) is 0 Å². The van der Waals surface area contributed by atoms with Gasteiger partial charge in [0.1, 0.15) is 11.4 Å². The third-order valence-corrected chi connectivity index (χ3v) is 16.1. The first-order chi connectivity index (χ1) is 32.2. The van der Waals surface area contributed by atoms with Gasteiger partial charge in [0.25, 0.3) is 0 Å². The first-order valence-electron chi connectivity index (χ1n) is 23.6. The maximum absolute atomic E-state index is 5.31. The van der Waals surface area contributed by atoms with E-state index in [1.807, 2.05) is 12.4 Å². The van der Waals surface area contributed by atoms with E-state index < -0.39 is 5.41 Å². The lowest BCUT2D eigenvalue weighted by atomic mass is 9.70. The molecule has 4 aliphatic rings. The molecule has 2 aliphatic heterocycles. The number of fused-ring (bicyclic) bond motifs is 10. The molecule has 6 aromatic carbocycles. The lowest BCUT2D eigenvalue weighted by Crippen LogP contribution is -2.53. The molecule has 0 bridgehead atoms. The van der Waals surface area contributed by atoms with Gasteiger partial charge in [-0.25, -0.2) is 0 Å². The molecular weight excluding hydrogens is 817 g/mol. The van der Waals surface area contributed by atoms with E-state index in [1.54, 1.807) is 0 Å². The van der Waals surface area contributed by atoms with E-state index in [4.69, 9.17) is 20.0 Å². The monoisotopic (exact) mass is 870 g/mol. The number of pyridine rings is 2. The Morgan fingerprint density at radius 3 is 1.09 bits per heavy atom. The average Bonchev–Trinajstić information content (AvgIpc) is 3.94. The molecule has 2 aliphatic carbocycles. The van der Waals surface area contributed by atoms with Crippen LogP contribution in [-0.4, -0.2) is 43.8 Å². The summed E-state index contributed by atoms with van der Waals surface area (Å²) in [5.74, 6) is 1.79. The number of nitrogens with zero attached hydrogens (tertiary/aromatic N) is 6. The van der Waals surface area contributed by atoms with E-state index in [-0.39, 0.29) is 22.2 Å².